The number of esters is 2. The van der Waals surface area contributed by atoms with Gasteiger partial charge < -0.3 is 9.47 Å². The number of hydrogen-bond acceptors (Lipinski definition) is 8. The Morgan fingerprint density at radius 2 is 1.13 bits per heavy atom. The highest BCUT2D eigenvalue weighted by Crippen LogP contribution is 2.40. The number of rotatable bonds is 12. The molecule has 3 aliphatic rings. The van der Waals surface area contributed by atoms with E-state index in [1.54, 1.807) is 0 Å². The van der Waals surface area contributed by atoms with Crippen molar-refractivity contribution in [3.8, 4) is 0 Å². The molecule has 4 unspecified atom stereocenters. The molecule has 2 saturated heterocycles. The molecule has 0 aromatic carbocycles. The third kappa shape index (κ3) is 10.9. The first-order valence-electron chi connectivity index (χ1n) is 12.1. The molecule has 4 atom stereocenters. The topological polar surface area (TPSA) is 52.6 Å². The maximum absolute atomic E-state index is 12.2. The van der Waals surface area contributed by atoms with Gasteiger partial charge in [-0.25, -0.2) is 0 Å². The summed E-state index contributed by atoms with van der Waals surface area (Å²) in [5.41, 5.74) is 0. The minimum absolute atomic E-state index is 0.000212. The van der Waals surface area contributed by atoms with E-state index < -0.39 is 0 Å². The van der Waals surface area contributed by atoms with E-state index in [-0.39, 0.29) is 24.1 Å². The van der Waals surface area contributed by atoms with E-state index in [9.17, 15) is 9.59 Å². The summed E-state index contributed by atoms with van der Waals surface area (Å²) in [6.07, 6.45) is 14.6. The van der Waals surface area contributed by atoms with Gasteiger partial charge in [-0.2, -0.15) is 0 Å². The van der Waals surface area contributed by atoms with Gasteiger partial charge in [0.05, 0.1) is 0 Å². The molecule has 0 N–H and O–H groups in total. The van der Waals surface area contributed by atoms with Gasteiger partial charge in [-0.05, 0) is 70.6 Å². The van der Waals surface area contributed by atoms with Crippen molar-refractivity contribution in [3.05, 3.63) is 0 Å². The fraction of sp³-hybridized carbons (Fsp3) is 0.913. The van der Waals surface area contributed by atoms with E-state index in [4.69, 9.17) is 9.47 Å². The minimum atomic E-state index is -0.0484. The predicted octanol–water partition coefficient (Wildman–Crippen LogP) is 7.20. The summed E-state index contributed by atoms with van der Waals surface area (Å²) < 4.78 is 11.5. The maximum Gasteiger partial charge on any atom is 0.306 e. The van der Waals surface area contributed by atoms with Crippen LogP contribution in [0.4, 0.5) is 0 Å². The van der Waals surface area contributed by atoms with Crippen molar-refractivity contribution in [1.82, 2.24) is 0 Å². The van der Waals surface area contributed by atoms with Crippen LogP contribution in [0, 0.1) is 0 Å². The average molecular weight is 507 g/mol. The van der Waals surface area contributed by atoms with Crippen LogP contribution in [0.2, 0.25) is 0 Å². The summed E-state index contributed by atoms with van der Waals surface area (Å²) in [6.45, 7) is 0. The number of hydrogen-bond donors (Lipinski definition) is 0. The number of carbonyl (C=O) groups excluding carboxylic acids is 2. The number of ether oxygens (including phenoxy) is 2. The molecule has 0 spiro atoms. The van der Waals surface area contributed by atoms with E-state index in [1.165, 1.54) is 37.2 Å². The zero-order valence-corrected chi connectivity index (χ0v) is 21.9. The fourth-order valence-electron chi connectivity index (χ4n) is 4.37. The predicted molar refractivity (Wildman–Crippen MR) is 137 cm³/mol. The lowest BCUT2D eigenvalue weighted by Crippen LogP contribution is -2.19. The summed E-state index contributed by atoms with van der Waals surface area (Å²) in [6, 6.07) is 0. The van der Waals surface area contributed by atoms with Crippen LogP contribution in [-0.4, -0.2) is 46.2 Å². The second-order valence-corrected chi connectivity index (χ2v) is 14.5. The third-order valence-electron chi connectivity index (χ3n) is 6.23. The van der Waals surface area contributed by atoms with Crippen LogP contribution in [-0.2, 0) is 19.1 Å². The molecule has 0 radical (unpaired) electrons. The quantitative estimate of drug-likeness (QED) is 0.119. The van der Waals surface area contributed by atoms with Crippen molar-refractivity contribution in [1.29, 1.82) is 0 Å². The summed E-state index contributed by atoms with van der Waals surface area (Å²) >= 11 is 0. The second-order valence-electron chi connectivity index (χ2n) is 8.88. The molecular formula is C23H38O4S4. The highest BCUT2D eigenvalue weighted by atomic mass is 33.1. The van der Waals surface area contributed by atoms with Gasteiger partial charge >= 0.3 is 11.9 Å². The molecular weight excluding hydrogens is 469 g/mol. The number of unbranched alkanes of at least 4 members (excludes halogenated alkanes) is 2. The molecule has 0 bridgehead atoms. The summed E-state index contributed by atoms with van der Waals surface area (Å²) in [4.78, 5) is 24.4. The van der Waals surface area contributed by atoms with Crippen LogP contribution in [0.1, 0.15) is 96.3 Å². The van der Waals surface area contributed by atoms with Gasteiger partial charge in [-0.15, -0.1) is 0 Å². The Labute approximate surface area is 204 Å². The lowest BCUT2D eigenvalue weighted by atomic mass is 10.1. The van der Waals surface area contributed by atoms with Crippen molar-refractivity contribution in [3.63, 3.8) is 0 Å². The van der Waals surface area contributed by atoms with Gasteiger partial charge in [-0.3, -0.25) is 9.59 Å². The summed E-state index contributed by atoms with van der Waals surface area (Å²) in [7, 11) is 7.97. The van der Waals surface area contributed by atoms with E-state index in [0.717, 1.165) is 68.3 Å². The van der Waals surface area contributed by atoms with Gasteiger partial charge in [0.15, 0.2) is 0 Å². The Kier molecular flexibility index (Phi) is 12.8. The molecule has 1 saturated carbocycles. The van der Waals surface area contributed by atoms with Crippen molar-refractivity contribution in [2.45, 2.75) is 119 Å². The van der Waals surface area contributed by atoms with Gasteiger partial charge in [0.25, 0.3) is 0 Å². The van der Waals surface area contributed by atoms with Crippen LogP contribution < -0.4 is 0 Å². The standard InChI is InChI=1S/C23H38O4S4/c24-22(10-3-1-8-20-14-16-28-30-20)26-18-6-5-7-19(13-12-18)27-23(25)11-4-2-9-21-15-17-29-31-21/h18-21H,1-17H2. The summed E-state index contributed by atoms with van der Waals surface area (Å²) in [5.74, 6) is 2.45. The Hall–Kier alpha value is 0.340. The molecule has 3 fully saturated rings. The molecule has 1 aliphatic carbocycles. The third-order valence-corrected chi connectivity index (χ3v) is 12.2. The van der Waals surface area contributed by atoms with Crippen molar-refractivity contribution in [2.75, 3.05) is 11.5 Å². The smallest absolute Gasteiger partial charge is 0.306 e. The van der Waals surface area contributed by atoms with Gasteiger partial charge in [-0.1, -0.05) is 56.0 Å². The van der Waals surface area contributed by atoms with Crippen LogP contribution in [0.3, 0.4) is 0 Å². The SMILES string of the molecule is O=C(CCCCC1CCSS1)OC1CCCC(OC(=O)CCCCC2CCSS2)CC1. The first kappa shape index (κ1) is 26.0. The van der Waals surface area contributed by atoms with E-state index in [2.05, 4.69) is 0 Å². The van der Waals surface area contributed by atoms with E-state index in [0.29, 0.717) is 12.8 Å². The zero-order chi connectivity index (χ0) is 21.7. The Balaban J connectivity index is 1.21. The molecule has 0 aromatic rings. The normalized spacial score (nSPS) is 28.9. The molecule has 8 heteroatoms. The zero-order valence-electron chi connectivity index (χ0n) is 18.6. The molecule has 178 valence electrons. The second kappa shape index (κ2) is 15.3. The largest absolute Gasteiger partial charge is 0.462 e. The number of carbonyl (C=O) groups is 2. The highest BCUT2D eigenvalue weighted by molar-refractivity contribution is 8.77. The summed E-state index contributed by atoms with van der Waals surface area (Å²) in [5, 5.41) is 1.57. The maximum atomic E-state index is 12.2. The molecule has 3 rings (SSSR count). The van der Waals surface area contributed by atoms with Gasteiger partial charge in [0, 0.05) is 34.8 Å². The molecule has 0 amide bonds. The monoisotopic (exact) mass is 506 g/mol. The van der Waals surface area contributed by atoms with Crippen LogP contribution in [0.15, 0.2) is 0 Å². The first-order valence-corrected chi connectivity index (χ1v) is 16.9. The molecule has 4 nitrogen and oxygen atoms in total. The average Bonchev–Trinajstić information content (AvgIpc) is 3.42. The Morgan fingerprint density at radius 3 is 1.55 bits per heavy atom. The fourth-order valence-corrected chi connectivity index (χ4v) is 10.4. The van der Waals surface area contributed by atoms with Gasteiger partial charge in [0.2, 0.25) is 0 Å². The molecule has 31 heavy (non-hydrogen) atoms. The Morgan fingerprint density at radius 1 is 0.645 bits per heavy atom. The van der Waals surface area contributed by atoms with E-state index in [1.807, 2.05) is 43.2 Å². The van der Waals surface area contributed by atoms with Crippen molar-refractivity contribution < 1.29 is 19.1 Å². The minimum Gasteiger partial charge on any atom is -0.462 e. The van der Waals surface area contributed by atoms with Gasteiger partial charge in [0.1, 0.15) is 12.2 Å². The lowest BCUT2D eigenvalue weighted by Gasteiger charge is -2.17. The Bertz CT molecular complexity index is 490. The molecule has 2 aliphatic heterocycles. The van der Waals surface area contributed by atoms with E-state index >= 15 is 0 Å². The van der Waals surface area contributed by atoms with Crippen LogP contribution in [0.5, 0.6) is 0 Å². The lowest BCUT2D eigenvalue weighted by molar-refractivity contribution is -0.152. The highest BCUT2D eigenvalue weighted by Gasteiger charge is 2.24. The first-order chi connectivity index (χ1) is 15.2. The van der Waals surface area contributed by atoms with Crippen LogP contribution >= 0.6 is 43.2 Å². The molecule has 0 aromatic heterocycles. The van der Waals surface area contributed by atoms with Crippen LogP contribution in [0.25, 0.3) is 0 Å². The molecule has 2 heterocycles. The van der Waals surface area contributed by atoms with Crippen molar-refractivity contribution in [2.24, 2.45) is 0 Å². The van der Waals surface area contributed by atoms with Crippen molar-refractivity contribution >= 4 is 55.1 Å².